The van der Waals surface area contributed by atoms with Gasteiger partial charge >= 0.3 is 16.3 Å². The van der Waals surface area contributed by atoms with Gasteiger partial charge < -0.3 is 23.1 Å². The number of aromatic nitrogens is 3. The molecule has 4 aromatic carbocycles. The lowest BCUT2D eigenvalue weighted by Gasteiger charge is -2.27. The molecule has 1 aliphatic rings. The molecular formula is C42H48N4O8S. The number of carbonyl (C=O) groups excluding carboxylic acids is 1. The number of esters is 1. The summed E-state index contributed by atoms with van der Waals surface area (Å²) in [5.74, 6) is -0.263. The predicted molar refractivity (Wildman–Crippen MR) is 208 cm³/mol. The van der Waals surface area contributed by atoms with Gasteiger partial charge in [0.25, 0.3) is 5.95 Å². The molecule has 0 radical (unpaired) electrons. The lowest BCUT2D eigenvalue weighted by Crippen LogP contribution is -2.36. The summed E-state index contributed by atoms with van der Waals surface area (Å²) in [5, 5.41) is 8.77. The molecule has 55 heavy (non-hydrogen) atoms. The van der Waals surface area contributed by atoms with Gasteiger partial charge in [0.15, 0.2) is 0 Å². The van der Waals surface area contributed by atoms with Gasteiger partial charge in [-0.1, -0.05) is 84.1 Å². The zero-order valence-electron chi connectivity index (χ0n) is 31.8. The number of benzene rings is 4. The topological polar surface area (TPSA) is 131 Å². The highest BCUT2D eigenvalue weighted by Gasteiger charge is 2.31. The van der Waals surface area contributed by atoms with Crippen molar-refractivity contribution in [3.05, 3.63) is 136 Å². The number of nitrogens with zero attached hydrogens (tertiary/aromatic N) is 4. The average Bonchev–Trinajstić information content (AvgIpc) is 3.59. The van der Waals surface area contributed by atoms with Gasteiger partial charge in [0.2, 0.25) is 0 Å². The van der Waals surface area contributed by atoms with Crippen LogP contribution in [0.1, 0.15) is 70.5 Å². The van der Waals surface area contributed by atoms with E-state index in [2.05, 4.69) is 22.4 Å². The molecule has 2 heterocycles. The molecular weight excluding hydrogens is 721 g/mol. The van der Waals surface area contributed by atoms with E-state index >= 15 is 0 Å². The van der Waals surface area contributed by atoms with Crippen LogP contribution in [0.25, 0.3) is 11.0 Å². The van der Waals surface area contributed by atoms with E-state index in [0.29, 0.717) is 31.1 Å². The maximum absolute atomic E-state index is 13.3. The second-order valence-corrected chi connectivity index (χ2v) is 15.1. The van der Waals surface area contributed by atoms with Crippen molar-refractivity contribution < 1.29 is 36.3 Å². The maximum atomic E-state index is 13.3. The van der Waals surface area contributed by atoms with Gasteiger partial charge in [0.1, 0.15) is 23.4 Å². The van der Waals surface area contributed by atoms with Gasteiger partial charge in [-0.05, 0) is 78.1 Å². The third-order valence-corrected chi connectivity index (χ3v) is 11.0. The largest absolute Gasteiger partial charge is 0.491 e. The molecule has 0 amide bonds. The second-order valence-electron chi connectivity index (χ2n) is 13.6. The van der Waals surface area contributed by atoms with Crippen LogP contribution < -0.4 is 4.74 Å². The molecule has 1 aromatic heterocycles. The number of methoxy groups -OCH3 is 1. The van der Waals surface area contributed by atoms with Crippen LogP contribution in [-0.4, -0.2) is 60.6 Å². The number of hydrogen-bond donors (Lipinski definition) is 0. The van der Waals surface area contributed by atoms with Crippen molar-refractivity contribution in [2.24, 2.45) is 7.05 Å². The SMILES string of the molecule is COC(=O)CC(c1ccc(C)c(CN2CC=C(OCc3ccccc3)OS2(=O)=O)c1)c1cc(OCCCCCOCc2ccccc2)c2c(nnn2C)c1C. The van der Waals surface area contributed by atoms with Crippen LogP contribution in [0.2, 0.25) is 0 Å². The second kappa shape index (κ2) is 18.4. The maximum Gasteiger partial charge on any atom is 0.388 e. The van der Waals surface area contributed by atoms with Crippen LogP contribution in [0.3, 0.4) is 0 Å². The first-order valence-electron chi connectivity index (χ1n) is 18.4. The Balaban J connectivity index is 1.18. The van der Waals surface area contributed by atoms with E-state index in [1.54, 1.807) is 10.8 Å². The first-order valence-corrected chi connectivity index (χ1v) is 19.8. The highest BCUT2D eigenvalue weighted by atomic mass is 32.2. The van der Waals surface area contributed by atoms with E-state index in [0.717, 1.165) is 63.7 Å². The molecule has 290 valence electrons. The summed E-state index contributed by atoms with van der Waals surface area (Å²) in [6, 6.07) is 27.4. The highest BCUT2D eigenvalue weighted by Crippen LogP contribution is 2.39. The monoisotopic (exact) mass is 768 g/mol. The number of fused-ring (bicyclic) bond motifs is 1. The summed E-state index contributed by atoms with van der Waals surface area (Å²) in [6.45, 7) is 5.96. The first-order chi connectivity index (χ1) is 26.6. The molecule has 0 N–H and O–H groups in total. The van der Waals surface area contributed by atoms with E-state index in [9.17, 15) is 13.2 Å². The number of carbonyl (C=O) groups is 1. The van der Waals surface area contributed by atoms with Gasteiger partial charge in [0, 0.05) is 38.7 Å². The zero-order valence-corrected chi connectivity index (χ0v) is 32.6. The van der Waals surface area contributed by atoms with Crippen LogP contribution in [0.5, 0.6) is 5.75 Å². The predicted octanol–water partition coefficient (Wildman–Crippen LogP) is 7.18. The normalized spacial score (nSPS) is 14.6. The molecule has 0 saturated carbocycles. The fourth-order valence-corrected chi connectivity index (χ4v) is 7.56. The Labute approximate surface area is 322 Å². The minimum absolute atomic E-state index is 0.0456. The Hall–Kier alpha value is -5.24. The van der Waals surface area contributed by atoms with Crippen molar-refractivity contribution in [1.82, 2.24) is 19.3 Å². The molecule has 0 spiro atoms. The summed E-state index contributed by atoms with van der Waals surface area (Å²) in [5.41, 5.74) is 7.68. The van der Waals surface area contributed by atoms with Crippen molar-refractivity contribution in [3.8, 4) is 5.75 Å². The molecule has 13 heteroatoms. The highest BCUT2D eigenvalue weighted by molar-refractivity contribution is 7.84. The minimum Gasteiger partial charge on any atom is -0.491 e. The summed E-state index contributed by atoms with van der Waals surface area (Å²) in [6.07, 6.45) is 4.34. The molecule has 6 rings (SSSR count). The van der Waals surface area contributed by atoms with Crippen molar-refractivity contribution in [2.75, 3.05) is 26.9 Å². The molecule has 1 aliphatic heterocycles. The fraction of sp³-hybridized carbons (Fsp3) is 0.357. The summed E-state index contributed by atoms with van der Waals surface area (Å²) in [4.78, 5) is 12.9. The Morgan fingerprint density at radius 3 is 2.31 bits per heavy atom. The van der Waals surface area contributed by atoms with E-state index in [4.69, 9.17) is 23.1 Å². The van der Waals surface area contributed by atoms with Crippen LogP contribution in [0, 0.1) is 13.8 Å². The number of aryl methyl sites for hydroxylation is 3. The van der Waals surface area contributed by atoms with E-state index in [1.165, 1.54) is 11.4 Å². The van der Waals surface area contributed by atoms with Crippen LogP contribution in [-0.2, 0) is 60.3 Å². The van der Waals surface area contributed by atoms with Gasteiger partial charge in [0.05, 0.1) is 26.7 Å². The van der Waals surface area contributed by atoms with Gasteiger partial charge in [-0.15, -0.1) is 5.10 Å². The van der Waals surface area contributed by atoms with E-state index < -0.39 is 16.2 Å². The molecule has 12 nitrogen and oxygen atoms in total. The smallest absolute Gasteiger partial charge is 0.388 e. The molecule has 0 aliphatic carbocycles. The standard InChI is InChI=1S/C42H48N4O8S/c1-30-18-19-34(24-35(30)27-46-21-20-40(54-55(46,48)49)53-29-33-16-10-6-11-17-33)37(26-39(47)50-4)36-25-38(42-41(31(36)2)43-44-45(42)3)52-23-13-7-12-22-51-28-32-14-8-5-9-15-32/h5-6,8-11,14-20,24-25,37H,7,12-13,21-23,26-29H2,1-4H3. The quantitative estimate of drug-likeness (QED) is 0.0668. The third kappa shape index (κ3) is 10.1. The lowest BCUT2D eigenvalue weighted by atomic mass is 9.84. The van der Waals surface area contributed by atoms with E-state index in [1.807, 2.05) is 93.7 Å². The summed E-state index contributed by atoms with van der Waals surface area (Å²) in [7, 11) is -0.943. The summed E-state index contributed by atoms with van der Waals surface area (Å²) < 4.78 is 57.9. The molecule has 5 aromatic rings. The molecule has 0 fully saturated rings. The number of unbranched alkanes of at least 4 members (excludes halogenated alkanes) is 2. The minimum atomic E-state index is -4.14. The van der Waals surface area contributed by atoms with Crippen molar-refractivity contribution in [1.29, 1.82) is 0 Å². The van der Waals surface area contributed by atoms with Crippen LogP contribution >= 0.6 is 0 Å². The first kappa shape index (κ1) is 39.5. The average molecular weight is 769 g/mol. The molecule has 0 bridgehead atoms. The number of ether oxygens (including phenoxy) is 4. The van der Waals surface area contributed by atoms with E-state index in [-0.39, 0.29) is 38.0 Å². The van der Waals surface area contributed by atoms with Gasteiger partial charge in [-0.25, -0.2) is 4.68 Å². The Morgan fingerprint density at radius 1 is 0.891 bits per heavy atom. The molecule has 1 unspecified atom stereocenters. The molecule has 1 atom stereocenters. The fourth-order valence-electron chi connectivity index (χ4n) is 6.58. The number of rotatable bonds is 18. The zero-order chi connectivity index (χ0) is 38.8. The Kier molecular flexibility index (Phi) is 13.2. The van der Waals surface area contributed by atoms with Crippen molar-refractivity contribution >= 4 is 27.3 Å². The van der Waals surface area contributed by atoms with Gasteiger partial charge in [-0.2, -0.15) is 12.7 Å². The number of hydrogen-bond acceptors (Lipinski definition) is 10. The van der Waals surface area contributed by atoms with Crippen molar-refractivity contribution in [3.63, 3.8) is 0 Å². The van der Waals surface area contributed by atoms with Gasteiger partial charge in [-0.3, -0.25) is 4.79 Å². The molecule has 0 saturated heterocycles. The summed E-state index contributed by atoms with van der Waals surface area (Å²) >= 11 is 0. The van der Waals surface area contributed by atoms with Crippen molar-refractivity contribution in [2.45, 2.75) is 65.2 Å². The Bertz CT molecular complexity index is 2210. The third-order valence-electron chi connectivity index (χ3n) is 9.72. The van der Waals surface area contributed by atoms with Crippen LogP contribution in [0.15, 0.2) is 97.0 Å². The van der Waals surface area contributed by atoms with Crippen LogP contribution in [0.4, 0.5) is 0 Å². The Morgan fingerprint density at radius 2 is 1.60 bits per heavy atom. The lowest BCUT2D eigenvalue weighted by molar-refractivity contribution is -0.140.